The molecule has 0 unspecified atom stereocenters. The molecule has 1 aromatic carbocycles. The Morgan fingerprint density at radius 3 is 2.17 bits per heavy atom. The summed E-state index contributed by atoms with van der Waals surface area (Å²) in [4.78, 5) is 10.3. The summed E-state index contributed by atoms with van der Waals surface area (Å²) in [5, 5.41) is 15.2. The Bertz CT molecular complexity index is 767. The largest absolute Gasteiger partial charge is 0.498 e. The Balaban J connectivity index is 1.91. The first kappa shape index (κ1) is 16.7. The monoisotopic (exact) mass is 329 g/mol. The highest BCUT2D eigenvalue weighted by atomic mass is 16.7. The summed E-state index contributed by atoms with van der Waals surface area (Å²) in [6.45, 7) is 9.94. The highest BCUT2D eigenvalue weighted by Crippen LogP contribution is 2.36. The van der Waals surface area contributed by atoms with Gasteiger partial charge in [0.15, 0.2) is 0 Å². The molecule has 0 spiro atoms. The van der Waals surface area contributed by atoms with Crippen molar-refractivity contribution in [2.24, 2.45) is 0 Å². The number of hydrogen-bond donors (Lipinski definition) is 0. The van der Waals surface area contributed by atoms with Crippen molar-refractivity contribution in [3.05, 3.63) is 46.3 Å². The van der Waals surface area contributed by atoms with Crippen LogP contribution in [0.1, 0.15) is 33.4 Å². The predicted molar refractivity (Wildman–Crippen MR) is 90.7 cm³/mol. The van der Waals surface area contributed by atoms with Crippen molar-refractivity contribution in [1.82, 2.24) is 9.78 Å². The van der Waals surface area contributed by atoms with Crippen LogP contribution < -0.4 is 5.46 Å². The summed E-state index contributed by atoms with van der Waals surface area (Å²) in [6.07, 6.45) is 1.72. The molecule has 0 aliphatic carbocycles. The van der Waals surface area contributed by atoms with Crippen molar-refractivity contribution < 1.29 is 14.2 Å². The van der Waals surface area contributed by atoms with Crippen molar-refractivity contribution in [2.45, 2.75) is 45.8 Å². The predicted octanol–water partition coefficient (Wildman–Crippen LogP) is 2.39. The molecule has 1 fully saturated rings. The van der Waals surface area contributed by atoms with Gasteiger partial charge in [0.05, 0.1) is 21.8 Å². The van der Waals surface area contributed by atoms with Crippen molar-refractivity contribution in [2.75, 3.05) is 0 Å². The fourth-order valence-electron chi connectivity index (χ4n) is 2.60. The highest BCUT2D eigenvalue weighted by Gasteiger charge is 2.52. The number of rotatable bonds is 3. The molecule has 1 saturated heterocycles. The van der Waals surface area contributed by atoms with Crippen LogP contribution in [0.4, 0.5) is 5.69 Å². The Morgan fingerprint density at radius 1 is 1.12 bits per heavy atom. The van der Waals surface area contributed by atoms with E-state index in [4.69, 9.17) is 9.31 Å². The summed E-state index contributed by atoms with van der Waals surface area (Å²) < 4.78 is 13.9. The SMILES string of the molecule is Cc1c(B2OC(C)(C)C(C)(C)O2)cnn1-c1ccc([N+](=O)[O-])cc1. The second kappa shape index (κ2) is 5.42. The van der Waals surface area contributed by atoms with Gasteiger partial charge < -0.3 is 9.31 Å². The average Bonchev–Trinajstić information content (AvgIpc) is 2.96. The smallest absolute Gasteiger partial charge is 0.399 e. The van der Waals surface area contributed by atoms with Crippen LogP contribution in [0.25, 0.3) is 5.69 Å². The molecule has 3 rings (SSSR count). The van der Waals surface area contributed by atoms with Crippen LogP contribution >= 0.6 is 0 Å². The van der Waals surface area contributed by atoms with Gasteiger partial charge in [0.2, 0.25) is 0 Å². The first-order valence-electron chi connectivity index (χ1n) is 7.77. The quantitative estimate of drug-likeness (QED) is 0.491. The first-order valence-corrected chi connectivity index (χ1v) is 7.77. The number of nitro groups is 1. The van der Waals surface area contributed by atoms with E-state index in [1.165, 1.54) is 12.1 Å². The van der Waals surface area contributed by atoms with E-state index in [9.17, 15) is 10.1 Å². The fourth-order valence-corrected chi connectivity index (χ4v) is 2.60. The second-order valence-corrected chi connectivity index (χ2v) is 6.96. The lowest BCUT2D eigenvalue weighted by Gasteiger charge is -2.32. The van der Waals surface area contributed by atoms with Gasteiger partial charge in [-0.1, -0.05) is 0 Å². The minimum absolute atomic E-state index is 0.0507. The third-order valence-electron chi connectivity index (χ3n) is 4.86. The van der Waals surface area contributed by atoms with Crippen molar-refractivity contribution in [3.63, 3.8) is 0 Å². The molecule has 1 aliphatic heterocycles. The summed E-state index contributed by atoms with van der Waals surface area (Å²) in [7, 11) is -0.484. The Kier molecular flexibility index (Phi) is 3.77. The molecular formula is C16H20BN3O4. The van der Waals surface area contributed by atoms with Gasteiger partial charge in [-0.05, 0) is 46.8 Å². The van der Waals surface area contributed by atoms with Crippen molar-refractivity contribution >= 4 is 18.3 Å². The van der Waals surface area contributed by atoms with Gasteiger partial charge in [-0.25, -0.2) is 4.68 Å². The maximum absolute atomic E-state index is 10.8. The summed E-state index contributed by atoms with van der Waals surface area (Å²) in [5.74, 6) is 0. The molecule has 0 amide bonds. The number of nitrogens with zero attached hydrogens (tertiary/aromatic N) is 3. The maximum atomic E-state index is 10.8. The maximum Gasteiger partial charge on any atom is 0.498 e. The van der Waals surface area contributed by atoms with Crippen LogP contribution in [0.15, 0.2) is 30.5 Å². The van der Waals surface area contributed by atoms with Gasteiger partial charge in [0.25, 0.3) is 5.69 Å². The minimum Gasteiger partial charge on any atom is -0.399 e. The number of aromatic nitrogens is 2. The van der Waals surface area contributed by atoms with E-state index in [0.717, 1.165) is 16.8 Å². The van der Waals surface area contributed by atoms with Gasteiger partial charge >= 0.3 is 7.12 Å². The molecule has 24 heavy (non-hydrogen) atoms. The van der Waals surface area contributed by atoms with E-state index in [1.807, 2.05) is 34.6 Å². The molecule has 0 atom stereocenters. The third kappa shape index (κ3) is 2.61. The summed E-state index contributed by atoms with van der Waals surface area (Å²) >= 11 is 0. The number of hydrogen-bond acceptors (Lipinski definition) is 5. The van der Waals surface area contributed by atoms with Crippen LogP contribution in [0.2, 0.25) is 0 Å². The van der Waals surface area contributed by atoms with Gasteiger partial charge in [0, 0.05) is 29.5 Å². The Labute approximate surface area is 140 Å². The number of benzene rings is 1. The molecule has 7 nitrogen and oxygen atoms in total. The van der Waals surface area contributed by atoms with Crippen LogP contribution in [0, 0.1) is 17.0 Å². The van der Waals surface area contributed by atoms with E-state index >= 15 is 0 Å². The Hall–Kier alpha value is -2.19. The zero-order valence-corrected chi connectivity index (χ0v) is 14.4. The zero-order valence-electron chi connectivity index (χ0n) is 14.4. The number of nitro benzene ring substituents is 1. The van der Waals surface area contributed by atoms with E-state index in [2.05, 4.69) is 5.10 Å². The van der Waals surface area contributed by atoms with Gasteiger partial charge in [0.1, 0.15) is 0 Å². The highest BCUT2D eigenvalue weighted by molar-refractivity contribution is 6.62. The van der Waals surface area contributed by atoms with E-state index in [1.54, 1.807) is 23.0 Å². The lowest BCUT2D eigenvalue weighted by molar-refractivity contribution is -0.384. The first-order chi connectivity index (χ1) is 11.1. The van der Waals surface area contributed by atoms with Crippen LogP contribution in [-0.4, -0.2) is 33.0 Å². The van der Waals surface area contributed by atoms with Gasteiger partial charge in [-0.3, -0.25) is 10.1 Å². The lowest BCUT2D eigenvalue weighted by Crippen LogP contribution is -2.41. The molecule has 8 heteroatoms. The lowest BCUT2D eigenvalue weighted by atomic mass is 9.79. The van der Waals surface area contributed by atoms with Crippen molar-refractivity contribution in [3.8, 4) is 5.69 Å². The normalized spacial score (nSPS) is 18.8. The van der Waals surface area contributed by atoms with E-state index in [-0.39, 0.29) is 5.69 Å². The zero-order chi connectivity index (χ0) is 17.7. The average molecular weight is 329 g/mol. The van der Waals surface area contributed by atoms with Crippen LogP contribution in [0.3, 0.4) is 0 Å². The molecule has 2 aromatic rings. The molecule has 1 aliphatic rings. The summed E-state index contributed by atoms with van der Waals surface area (Å²) in [6, 6.07) is 6.27. The topological polar surface area (TPSA) is 79.4 Å². The molecule has 0 radical (unpaired) electrons. The van der Waals surface area contributed by atoms with E-state index < -0.39 is 23.2 Å². The van der Waals surface area contributed by atoms with Crippen molar-refractivity contribution in [1.29, 1.82) is 0 Å². The third-order valence-corrected chi connectivity index (χ3v) is 4.86. The molecule has 0 saturated carbocycles. The van der Waals surface area contributed by atoms with Crippen LogP contribution in [-0.2, 0) is 9.31 Å². The molecule has 0 bridgehead atoms. The molecule has 1 aromatic heterocycles. The van der Waals surface area contributed by atoms with Gasteiger partial charge in [-0.2, -0.15) is 5.10 Å². The molecule has 0 N–H and O–H groups in total. The van der Waals surface area contributed by atoms with Crippen LogP contribution in [0.5, 0.6) is 0 Å². The molecule has 126 valence electrons. The Morgan fingerprint density at radius 2 is 1.67 bits per heavy atom. The van der Waals surface area contributed by atoms with Gasteiger partial charge in [-0.15, -0.1) is 0 Å². The second-order valence-electron chi connectivity index (χ2n) is 6.96. The summed E-state index contributed by atoms with van der Waals surface area (Å²) in [5.41, 5.74) is 1.70. The number of non-ortho nitro benzene ring substituents is 1. The fraction of sp³-hybridized carbons (Fsp3) is 0.438. The van der Waals surface area contributed by atoms with E-state index in [0.29, 0.717) is 0 Å². The minimum atomic E-state index is -0.484. The molecule has 2 heterocycles. The standard InChI is InChI=1S/C16H20BN3O4/c1-11-14(17-23-15(2,3)16(4,5)24-17)10-18-19(11)12-6-8-13(9-7-12)20(21)22/h6-10H,1-5H3. The molecular weight excluding hydrogens is 309 g/mol.